The van der Waals surface area contributed by atoms with Crippen LogP contribution in [0, 0.1) is 17.1 Å². The number of nitrogens with zero attached hydrogens (tertiary/aromatic N) is 6. The summed E-state index contributed by atoms with van der Waals surface area (Å²) in [5, 5.41) is 18.5. The molecule has 11 nitrogen and oxygen atoms in total. The molecule has 1 amide bonds. The molecule has 6 rings (SSSR count). The third-order valence-electron chi connectivity index (χ3n) is 7.92. The Morgan fingerprint density at radius 1 is 1.21 bits per heavy atom. The lowest BCUT2D eigenvalue weighted by molar-refractivity contribution is -0.122. The molecule has 12 heteroatoms. The molecule has 1 N–H and O–H groups in total. The van der Waals surface area contributed by atoms with Gasteiger partial charge in [-0.25, -0.2) is 14.2 Å². The predicted molar refractivity (Wildman–Crippen MR) is 153 cm³/mol. The number of ether oxygens (including phenoxy) is 2. The van der Waals surface area contributed by atoms with Crippen LogP contribution in [0.4, 0.5) is 10.2 Å². The Balaban J connectivity index is 1.16. The van der Waals surface area contributed by atoms with E-state index in [0.29, 0.717) is 43.1 Å². The second kappa shape index (κ2) is 11.8. The largest absolute Gasteiger partial charge is 0.478 e. The zero-order chi connectivity index (χ0) is 30.1. The topological polar surface area (TPSA) is 134 Å². The van der Waals surface area contributed by atoms with Gasteiger partial charge >= 0.3 is 5.97 Å². The molecular weight excluding hydrogens is 555 g/mol. The summed E-state index contributed by atoms with van der Waals surface area (Å²) in [6.45, 7) is 4.25. The van der Waals surface area contributed by atoms with Gasteiger partial charge in [0.15, 0.2) is 0 Å². The van der Waals surface area contributed by atoms with Crippen LogP contribution >= 0.6 is 0 Å². The third kappa shape index (κ3) is 5.77. The van der Waals surface area contributed by atoms with Crippen LogP contribution in [0.5, 0.6) is 5.88 Å². The lowest BCUT2D eigenvalue weighted by atomic mass is 10.1. The summed E-state index contributed by atoms with van der Waals surface area (Å²) >= 11 is 0. The van der Waals surface area contributed by atoms with Crippen molar-refractivity contribution < 1.29 is 28.6 Å². The molecule has 1 unspecified atom stereocenters. The Morgan fingerprint density at radius 2 is 2.05 bits per heavy atom. The Bertz CT molecular complexity index is 1750. The number of hydrogen-bond donors (Lipinski definition) is 1. The Hall–Kier alpha value is -4.86. The molecule has 4 aromatic rings. The fraction of sp³-hybridized carbons (Fsp3) is 0.323. The number of nitriles is 1. The van der Waals surface area contributed by atoms with E-state index < -0.39 is 11.8 Å². The maximum absolute atomic E-state index is 14.3. The van der Waals surface area contributed by atoms with Gasteiger partial charge in [-0.15, -0.1) is 0 Å². The van der Waals surface area contributed by atoms with E-state index in [-0.39, 0.29) is 48.2 Å². The molecule has 2 aliphatic rings. The Morgan fingerprint density at radius 3 is 2.74 bits per heavy atom. The van der Waals surface area contributed by atoms with E-state index in [4.69, 9.17) is 19.7 Å². The molecule has 2 saturated heterocycles. The molecule has 2 aliphatic heterocycles. The summed E-state index contributed by atoms with van der Waals surface area (Å²) in [5.41, 5.74) is 2.12. The van der Waals surface area contributed by atoms with E-state index >= 15 is 0 Å². The highest BCUT2D eigenvalue weighted by molar-refractivity contribution is 5.95. The van der Waals surface area contributed by atoms with E-state index in [1.807, 2.05) is 22.5 Å². The monoisotopic (exact) mass is 584 g/mol. The minimum absolute atomic E-state index is 0.0317. The molecular formula is C31H29FN6O5. The molecule has 0 spiro atoms. The van der Waals surface area contributed by atoms with Gasteiger partial charge < -0.3 is 19.1 Å². The second-order valence-corrected chi connectivity index (χ2v) is 10.6. The number of halogens is 1. The number of amides is 1. The van der Waals surface area contributed by atoms with Gasteiger partial charge in [0.05, 0.1) is 53.5 Å². The standard InChI is InChI=1S/C31H29FN6O5/c1-19(30-34-25-8-7-21(31(40)41)14-26(25)38(30)16-23-9-12-42-23)36-10-11-37(29(39)17-36)27-3-2-4-28(35-27)43-18-22-6-5-20(15-33)13-24(22)32/h2-8,13-14,19,23H,9-12,16-18H2,1H3,(H,40,41)/t19?,23-/m0/s1. The molecule has 2 fully saturated rings. The SMILES string of the molecule is CC(c1nc2ccc(C(=O)O)cc2n1C[C@@H]1CCO1)N1CCN(c2cccc(OCc3ccc(C#N)cc3F)n2)C(=O)C1. The second-order valence-electron chi connectivity index (χ2n) is 10.6. The smallest absolute Gasteiger partial charge is 0.335 e. The predicted octanol–water partition coefficient (Wildman–Crippen LogP) is 3.92. The first-order chi connectivity index (χ1) is 20.8. The van der Waals surface area contributed by atoms with Crippen LogP contribution in [0.25, 0.3) is 11.0 Å². The summed E-state index contributed by atoms with van der Waals surface area (Å²) in [4.78, 5) is 38.0. The van der Waals surface area contributed by atoms with Crippen molar-refractivity contribution in [2.75, 3.05) is 31.1 Å². The number of hydrogen-bond acceptors (Lipinski definition) is 8. The normalized spacial score (nSPS) is 17.8. The number of rotatable bonds is 9. The summed E-state index contributed by atoms with van der Waals surface area (Å²) in [6, 6.07) is 15.8. The molecule has 0 saturated carbocycles. The molecule has 4 heterocycles. The highest BCUT2D eigenvalue weighted by Crippen LogP contribution is 2.30. The maximum atomic E-state index is 14.3. The molecule has 2 aromatic carbocycles. The molecule has 2 atom stereocenters. The van der Waals surface area contributed by atoms with E-state index in [2.05, 4.69) is 4.98 Å². The summed E-state index contributed by atoms with van der Waals surface area (Å²) in [5.74, 6) is -0.248. The number of aromatic carboxylic acids is 1. The highest BCUT2D eigenvalue weighted by Gasteiger charge is 2.32. The number of benzene rings is 2. The van der Waals surface area contributed by atoms with Crippen molar-refractivity contribution in [1.82, 2.24) is 19.4 Å². The first kappa shape index (κ1) is 28.3. The number of anilines is 1. The lowest BCUT2D eigenvalue weighted by Crippen LogP contribution is -2.51. The summed E-state index contributed by atoms with van der Waals surface area (Å²) in [7, 11) is 0. The molecule has 0 bridgehead atoms. The van der Waals surface area contributed by atoms with Crippen LogP contribution in [-0.2, 0) is 22.7 Å². The fourth-order valence-corrected chi connectivity index (χ4v) is 5.37. The fourth-order valence-electron chi connectivity index (χ4n) is 5.37. The van der Waals surface area contributed by atoms with E-state index in [9.17, 15) is 19.1 Å². The average molecular weight is 585 g/mol. The molecule has 220 valence electrons. The average Bonchev–Trinajstić information content (AvgIpc) is 3.35. The van der Waals surface area contributed by atoms with E-state index in [0.717, 1.165) is 23.8 Å². The molecule has 2 aromatic heterocycles. The van der Waals surface area contributed by atoms with Crippen LogP contribution < -0.4 is 9.64 Å². The van der Waals surface area contributed by atoms with E-state index in [1.165, 1.54) is 12.1 Å². The van der Waals surface area contributed by atoms with Gasteiger partial charge in [-0.2, -0.15) is 10.2 Å². The van der Waals surface area contributed by atoms with Crippen molar-refractivity contribution in [2.24, 2.45) is 0 Å². The van der Waals surface area contributed by atoms with Crippen molar-refractivity contribution in [3.63, 3.8) is 0 Å². The van der Waals surface area contributed by atoms with Gasteiger partial charge in [0.25, 0.3) is 0 Å². The summed E-state index contributed by atoms with van der Waals surface area (Å²) < 4.78 is 27.7. The van der Waals surface area contributed by atoms with Crippen LogP contribution in [0.3, 0.4) is 0 Å². The van der Waals surface area contributed by atoms with Gasteiger partial charge in [-0.1, -0.05) is 12.1 Å². The number of pyridine rings is 1. The molecule has 0 aliphatic carbocycles. The van der Waals surface area contributed by atoms with Gasteiger partial charge in [0.2, 0.25) is 11.8 Å². The molecule has 43 heavy (non-hydrogen) atoms. The minimum atomic E-state index is -1.00. The van der Waals surface area contributed by atoms with Crippen molar-refractivity contribution in [3.05, 3.63) is 82.9 Å². The van der Waals surface area contributed by atoms with Crippen LogP contribution in [0.1, 0.15) is 46.7 Å². The maximum Gasteiger partial charge on any atom is 0.335 e. The number of imidazole rings is 1. The molecule has 0 radical (unpaired) electrons. The zero-order valence-electron chi connectivity index (χ0n) is 23.4. The number of piperazine rings is 1. The van der Waals surface area contributed by atoms with Gasteiger partial charge in [-0.05, 0) is 49.7 Å². The number of carboxylic acid groups (broad SMARTS) is 1. The van der Waals surface area contributed by atoms with Gasteiger partial charge in [-0.3, -0.25) is 14.6 Å². The van der Waals surface area contributed by atoms with Gasteiger partial charge in [0.1, 0.15) is 24.1 Å². The summed E-state index contributed by atoms with van der Waals surface area (Å²) in [6.07, 6.45) is 0.950. The van der Waals surface area contributed by atoms with Crippen LogP contribution in [0.2, 0.25) is 0 Å². The van der Waals surface area contributed by atoms with Crippen molar-refractivity contribution in [2.45, 2.75) is 38.6 Å². The van der Waals surface area contributed by atoms with Crippen LogP contribution in [-0.4, -0.2) is 68.8 Å². The van der Waals surface area contributed by atoms with E-state index in [1.54, 1.807) is 41.3 Å². The number of carbonyl (C=O) groups is 2. The number of carboxylic acids is 1. The number of carbonyl (C=O) groups excluding carboxylic acids is 1. The van der Waals surface area contributed by atoms with Gasteiger partial charge in [0, 0.05) is 31.3 Å². The first-order valence-corrected chi connectivity index (χ1v) is 14.0. The van der Waals surface area contributed by atoms with Crippen LogP contribution in [0.15, 0.2) is 54.6 Å². The first-order valence-electron chi connectivity index (χ1n) is 14.0. The minimum Gasteiger partial charge on any atom is -0.478 e. The zero-order valence-corrected chi connectivity index (χ0v) is 23.4. The van der Waals surface area contributed by atoms with Crippen molar-refractivity contribution >= 4 is 28.7 Å². The Kier molecular flexibility index (Phi) is 7.75. The quantitative estimate of drug-likeness (QED) is 0.311. The number of fused-ring (bicyclic) bond motifs is 1. The lowest BCUT2D eigenvalue weighted by Gasteiger charge is -2.37. The van der Waals surface area contributed by atoms with Crippen molar-refractivity contribution in [3.8, 4) is 11.9 Å². The Labute approximate surface area is 246 Å². The highest BCUT2D eigenvalue weighted by atomic mass is 19.1. The van der Waals surface area contributed by atoms with Crippen molar-refractivity contribution in [1.29, 1.82) is 5.26 Å². The number of aromatic nitrogens is 3. The third-order valence-corrected chi connectivity index (χ3v) is 7.92.